The van der Waals surface area contributed by atoms with Gasteiger partial charge in [-0.1, -0.05) is 0 Å². The number of ether oxygens (including phenoxy) is 2. The zero-order valence-electron chi connectivity index (χ0n) is 22.5. The van der Waals surface area contributed by atoms with Gasteiger partial charge in [0.1, 0.15) is 48.5 Å². The first kappa shape index (κ1) is 30.3. The molecule has 3 aliphatic heterocycles. The number of anilines is 2. The number of phosphoric ester groups is 1. The summed E-state index contributed by atoms with van der Waals surface area (Å²) in [6.45, 7) is -1.49. The molecule has 2 bridgehead atoms. The van der Waals surface area contributed by atoms with E-state index in [9.17, 15) is 29.0 Å². The third-order valence-corrected chi connectivity index (χ3v) is 9.38. The van der Waals surface area contributed by atoms with Gasteiger partial charge in [-0.3, -0.25) is 28.0 Å². The number of H-pyrrole nitrogens is 1. The van der Waals surface area contributed by atoms with E-state index in [-0.39, 0.29) is 34.1 Å². The summed E-state index contributed by atoms with van der Waals surface area (Å²) in [6, 6.07) is 0. The van der Waals surface area contributed by atoms with Crippen LogP contribution in [0.5, 0.6) is 0 Å². The Morgan fingerprint density at radius 3 is 2.36 bits per heavy atom. The molecule has 4 unspecified atom stereocenters. The second-order valence-electron chi connectivity index (χ2n) is 10.2. The molecule has 8 N–H and O–H groups in total. The molecule has 7 heterocycles. The zero-order valence-corrected chi connectivity index (χ0v) is 24.3. The van der Waals surface area contributed by atoms with Crippen LogP contribution in [0.3, 0.4) is 0 Å². The molecule has 3 fully saturated rings. The first-order valence-corrected chi connectivity index (χ1v) is 16.1. The molecule has 10 atom stereocenters. The van der Waals surface area contributed by atoms with Crippen LogP contribution in [-0.4, -0.2) is 112 Å². The molecule has 7 rings (SSSR count). The Bertz CT molecular complexity index is 1940. The first-order chi connectivity index (χ1) is 21.3. The Morgan fingerprint density at radius 2 is 1.58 bits per heavy atom. The molecule has 0 spiro atoms. The molecule has 4 aromatic rings. The Morgan fingerprint density at radius 1 is 0.889 bits per heavy atom. The molecule has 22 nitrogen and oxygen atoms in total. The number of phosphoric acid groups is 1. The number of aliphatic hydroxyl groups is 2. The molecular weight excluding hydrogens is 645 g/mol. The maximum Gasteiger partial charge on any atom is 0.472 e. The normalized spacial score (nSPS) is 37.7. The quantitative estimate of drug-likeness (QED) is 0.0978. The fourth-order valence-electron chi connectivity index (χ4n) is 5.32. The second-order valence-corrected chi connectivity index (χ2v) is 13.2. The number of aliphatic hydroxyl groups excluding tert-OH is 2. The molecular formula is C20H23BN10O12P2-. The Kier molecular flexibility index (Phi) is 7.34. The van der Waals surface area contributed by atoms with Crippen molar-refractivity contribution in [1.82, 2.24) is 39.0 Å². The van der Waals surface area contributed by atoms with Gasteiger partial charge in [-0.25, -0.2) is 24.5 Å². The molecule has 3 radical (unpaired) electrons. The van der Waals surface area contributed by atoms with Crippen LogP contribution in [0.2, 0.25) is 0 Å². The van der Waals surface area contributed by atoms with Crippen LogP contribution in [0.25, 0.3) is 22.3 Å². The molecule has 0 aliphatic carbocycles. The van der Waals surface area contributed by atoms with Crippen LogP contribution in [0.1, 0.15) is 12.5 Å². The summed E-state index contributed by atoms with van der Waals surface area (Å²) in [5.41, 5.74) is 11.0. The topological polar surface area (TPSA) is 309 Å². The third-order valence-electron chi connectivity index (χ3n) is 7.35. The van der Waals surface area contributed by atoms with E-state index < -0.39 is 83.1 Å². The van der Waals surface area contributed by atoms with Crippen molar-refractivity contribution in [3.05, 3.63) is 29.3 Å². The van der Waals surface area contributed by atoms with E-state index in [0.717, 1.165) is 12.7 Å². The van der Waals surface area contributed by atoms with Crippen molar-refractivity contribution in [2.45, 2.75) is 49.1 Å². The highest BCUT2D eigenvalue weighted by molar-refractivity contribution is 7.79. The van der Waals surface area contributed by atoms with Gasteiger partial charge >= 0.3 is 7.82 Å². The van der Waals surface area contributed by atoms with Gasteiger partial charge in [0.25, 0.3) is 5.56 Å². The molecule has 239 valence electrons. The maximum absolute atomic E-state index is 13.4. The number of nitrogens with zero attached hydrogens (tertiary/aromatic N) is 7. The number of aromatic nitrogens is 8. The second kappa shape index (κ2) is 10.9. The number of rotatable bonds is 2. The average Bonchev–Trinajstić information content (AvgIpc) is 3.72. The molecule has 25 heteroatoms. The highest BCUT2D eigenvalue weighted by atomic mass is 31.2. The number of aromatic amines is 1. The van der Waals surface area contributed by atoms with Crippen LogP contribution in [0.15, 0.2) is 23.8 Å². The monoisotopic (exact) mass is 668 g/mol. The van der Waals surface area contributed by atoms with Gasteiger partial charge in [-0.2, -0.15) is 4.98 Å². The number of hydrogen-bond donors (Lipinski definition) is 6. The summed E-state index contributed by atoms with van der Waals surface area (Å²) >= 11 is 0. The van der Waals surface area contributed by atoms with E-state index in [4.69, 9.17) is 46.6 Å². The predicted molar refractivity (Wildman–Crippen MR) is 147 cm³/mol. The van der Waals surface area contributed by atoms with Gasteiger partial charge in [-0.15, -0.1) is 0 Å². The minimum absolute atomic E-state index is 0.0509. The van der Waals surface area contributed by atoms with Crippen molar-refractivity contribution in [3.63, 3.8) is 0 Å². The molecule has 45 heavy (non-hydrogen) atoms. The predicted octanol–water partition coefficient (Wildman–Crippen LogP) is -2.17. The highest BCUT2D eigenvalue weighted by Gasteiger charge is 2.52. The number of nitrogen functional groups attached to an aromatic ring is 2. The van der Waals surface area contributed by atoms with Crippen molar-refractivity contribution in [2.24, 2.45) is 0 Å². The van der Waals surface area contributed by atoms with Crippen molar-refractivity contribution in [3.8, 4) is 0 Å². The van der Waals surface area contributed by atoms with Crippen LogP contribution >= 0.6 is 15.3 Å². The molecule has 0 amide bonds. The summed E-state index contributed by atoms with van der Waals surface area (Å²) in [5.74, 6) is -0.209. The van der Waals surface area contributed by atoms with E-state index in [2.05, 4.69) is 29.9 Å². The molecule has 3 aliphatic rings. The Hall–Kier alpha value is -3.34. The molecule has 0 aromatic carbocycles. The summed E-state index contributed by atoms with van der Waals surface area (Å²) in [5, 5.41) is 22.2. The molecule has 0 saturated carbocycles. The van der Waals surface area contributed by atoms with Crippen molar-refractivity contribution in [1.29, 1.82) is 0 Å². The zero-order chi connectivity index (χ0) is 31.8. The van der Waals surface area contributed by atoms with Crippen LogP contribution < -0.4 is 17.0 Å². The number of imidazole rings is 2. The smallest absolute Gasteiger partial charge is 0.444 e. The number of hydrogen-bond acceptors (Lipinski definition) is 18. The fraction of sp³-hybridized carbons (Fsp3) is 0.500. The van der Waals surface area contributed by atoms with E-state index >= 15 is 0 Å². The van der Waals surface area contributed by atoms with Crippen LogP contribution in [0.4, 0.5) is 11.8 Å². The van der Waals surface area contributed by atoms with E-state index in [1.54, 1.807) is 0 Å². The lowest BCUT2D eigenvalue weighted by molar-refractivity contribution is -0.0621. The number of fused-ring (bicyclic) bond motifs is 5. The average molecular weight is 668 g/mol. The van der Waals surface area contributed by atoms with Gasteiger partial charge in [0.2, 0.25) is 5.95 Å². The largest absolute Gasteiger partial charge is 0.472 e. The van der Waals surface area contributed by atoms with Gasteiger partial charge in [0.15, 0.2) is 35.1 Å². The van der Waals surface area contributed by atoms with Crippen molar-refractivity contribution >= 4 is 57.0 Å². The van der Waals surface area contributed by atoms with Crippen molar-refractivity contribution < 1.29 is 51.8 Å². The lowest BCUT2D eigenvalue weighted by atomic mass is 10.1. The minimum atomic E-state index is -5.03. The third kappa shape index (κ3) is 5.34. The van der Waals surface area contributed by atoms with Gasteiger partial charge in [-0.05, 0) is 0 Å². The first-order valence-electron chi connectivity index (χ1n) is 13.0. The van der Waals surface area contributed by atoms with E-state index in [1.165, 1.54) is 15.5 Å². The van der Waals surface area contributed by atoms with Gasteiger partial charge < -0.3 is 57.2 Å². The maximum atomic E-state index is 13.4. The van der Waals surface area contributed by atoms with Crippen molar-refractivity contribution in [2.75, 3.05) is 24.7 Å². The lowest BCUT2D eigenvalue weighted by Gasteiger charge is -2.34. The Balaban J connectivity index is 1.21. The van der Waals surface area contributed by atoms with E-state index in [1.807, 2.05) is 0 Å². The van der Waals surface area contributed by atoms with Gasteiger partial charge in [0.05, 0.1) is 33.3 Å². The number of nitrogens with two attached hydrogens (primary N) is 2. The molecule has 3 saturated heterocycles. The summed E-state index contributed by atoms with van der Waals surface area (Å²) in [7, 11) is -3.75. The summed E-state index contributed by atoms with van der Waals surface area (Å²) in [6.07, 6.45) is -8.57. The van der Waals surface area contributed by atoms with E-state index in [0.29, 0.717) is 0 Å². The minimum Gasteiger partial charge on any atom is -0.444 e. The Labute approximate surface area is 251 Å². The van der Waals surface area contributed by atoms with Gasteiger partial charge in [0, 0.05) is 0 Å². The lowest BCUT2D eigenvalue weighted by Crippen LogP contribution is -2.36. The highest BCUT2D eigenvalue weighted by Crippen LogP contribution is 2.53. The standard InChI is InChI=1S/C20H23BN10O12P2/c21-44(35)38-2-7-12(11(33)18(41-7)30-4-26-8-14(22)24-3-25-15(8)30)43-45(36,37)39-1-6-10(32)13(42-44)19(40-6)31-5-27-9-16(31)28-20(23)29-17(9)34/h3-7,10-13,18-19,32-33H,1-2H2,(H,36,37)(H2,22,24,25)(H3,23,28,29,34)/q-1/t6-,7-,10?,11?,12+,13+,18-,19-,44?/m1/s1. The number of nitrogens with one attached hydrogen (secondary N) is 1. The summed E-state index contributed by atoms with van der Waals surface area (Å²) < 4.78 is 62.0. The van der Waals surface area contributed by atoms with Crippen LogP contribution in [0, 0.1) is 0 Å². The fourth-order valence-corrected chi connectivity index (χ4v) is 7.27. The van der Waals surface area contributed by atoms with Crippen LogP contribution in [-0.2, 0) is 36.7 Å². The molecule has 4 aromatic heterocycles. The summed E-state index contributed by atoms with van der Waals surface area (Å²) in [4.78, 5) is 45.3. The SMILES string of the molecule is [B-]P1(=O)OC[C@H]2O[C@@H](n3cnc4c(N)ncnc43)C(O)[C@H]2OP(=O)(O)OC[C@H]2O[C@@H](n3cnc4c(=O)[nH]c(N)nc43)[C@@H](O1)C2O.